The Balaban J connectivity index is 1.58. The summed E-state index contributed by atoms with van der Waals surface area (Å²) in [6.45, 7) is 6.85. The Labute approximate surface area is 175 Å². The second-order valence-corrected chi connectivity index (χ2v) is 8.05. The van der Waals surface area contributed by atoms with Gasteiger partial charge in [-0.25, -0.2) is 4.98 Å². The number of aliphatic hydroxyl groups is 1. The van der Waals surface area contributed by atoms with E-state index in [1.54, 1.807) is 20.2 Å². The maximum atomic E-state index is 9.79. The Morgan fingerprint density at radius 2 is 2.07 bits per heavy atom. The first kappa shape index (κ1) is 20.1. The summed E-state index contributed by atoms with van der Waals surface area (Å²) in [7, 11) is 0. The van der Waals surface area contributed by atoms with E-state index in [2.05, 4.69) is 37.4 Å². The molecule has 0 radical (unpaired) electrons. The van der Waals surface area contributed by atoms with Gasteiger partial charge in [0.1, 0.15) is 5.60 Å². The van der Waals surface area contributed by atoms with Gasteiger partial charge in [-0.2, -0.15) is 4.98 Å². The number of aromatic amines is 2. The summed E-state index contributed by atoms with van der Waals surface area (Å²) in [5.74, 6) is 7.11. The fourth-order valence-electron chi connectivity index (χ4n) is 3.30. The van der Waals surface area contributed by atoms with Crippen LogP contribution < -0.4 is 15.6 Å². The molecular weight excluding hydrogens is 380 g/mol. The highest BCUT2D eigenvalue weighted by Gasteiger charge is 2.20. The van der Waals surface area contributed by atoms with Gasteiger partial charge in [0, 0.05) is 30.5 Å². The molecule has 0 spiro atoms. The Morgan fingerprint density at radius 1 is 1.27 bits per heavy atom. The van der Waals surface area contributed by atoms with E-state index >= 15 is 0 Å². The number of hydrogen-bond acceptors (Lipinski definition) is 6. The van der Waals surface area contributed by atoms with Crippen LogP contribution in [0.1, 0.15) is 37.8 Å². The molecule has 3 heterocycles. The second kappa shape index (κ2) is 8.30. The molecule has 3 aromatic rings. The zero-order valence-electron chi connectivity index (χ0n) is 17.5. The van der Waals surface area contributed by atoms with Gasteiger partial charge in [0.05, 0.1) is 0 Å². The summed E-state index contributed by atoms with van der Waals surface area (Å²) in [6.07, 6.45) is 3.65. The lowest BCUT2D eigenvalue weighted by Gasteiger charge is -2.23. The van der Waals surface area contributed by atoms with E-state index in [4.69, 9.17) is 9.72 Å². The van der Waals surface area contributed by atoms with Crippen molar-refractivity contribution in [3.05, 3.63) is 35.7 Å². The summed E-state index contributed by atoms with van der Waals surface area (Å²) >= 11 is 0. The SMILES string of the molecule is Cc1cc(C#CC(C)(C)O)ccc1Nc1nc(NC2CCOCC2)c2[nH]c[nH+]c2n1. The highest BCUT2D eigenvalue weighted by molar-refractivity contribution is 5.82. The van der Waals surface area contributed by atoms with Gasteiger partial charge in [-0.1, -0.05) is 16.8 Å². The molecule has 1 saturated heterocycles. The van der Waals surface area contributed by atoms with Crippen molar-refractivity contribution in [2.75, 3.05) is 23.8 Å². The van der Waals surface area contributed by atoms with Crippen LogP contribution in [0.4, 0.5) is 17.5 Å². The molecule has 5 N–H and O–H groups in total. The Bertz CT molecular complexity index is 1100. The lowest BCUT2D eigenvalue weighted by atomic mass is 10.1. The van der Waals surface area contributed by atoms with Gasteiger partial charge in [-0.15, -0.1) is 0 Å². The van der Waals surface area contributed by atoms with Gasteiger partial charge in [-0.3, -0.25) is 4.98 Å². The molecule has 0 aliphatic carbocycles. The van der Waals surface area contributed by atoms with Crippen molar-refractivity contribution in [2.45, 2.75) is 45.3 Å². The zero-order chi connectivity index (χ0) is 21.1. The normalized spacial score (nSPS) is 14.9. The number of nitrogens with zero attached hydrogens (tertiary/aromatic N) is 2. The highest BCUT2D eigenvalue weighted by Crippen LogP contribution is 2.24. The number of ether oxygens (including phenoxy) is 1. The summed E-state index contributed by atoms with van der Waals surface area (Å²) in [6, 6.07) is 6.16. The summed E-state index contributed by atoms with van der Waals surface area (Å²) in [5, 5.41) is 16.6. The number of H-pyrrole nitrogens is 2. The third kappa shape index (κ3) is 4.87. The fourth-order valence-corrected chi connectivity index (χ4v) is 3.30. The molecule has 1 aliphatic rings. The maximum Gasteiger partial charge on any atom is 0.307 e. The molecule has 8 nitrogen and oxygen atoms in total. The van der Waals surface area contributed by atoms with E-state index in [0.717, 1.165) is 59.9 Å². The Kier molecular flexibility index (Phi) is 5.57. The minimum absolute atomic E-state index is 0.323. The number of hydrogen-bond donors (Lipinski definition) is 4. The number of rotatable bonds is 4. The average Bonchev–Trinajstić information content (AvgIpc) is 3.17. The molecule has 0 saturated carbocycles. The third-order valence-corrected chi connectivity index (χ3v) is 4.88. The van der Waals surface area contributed by atoms with Gasteiger partial charge in [0.15, 0.2) is 12.1 Å². The highest BCUT2D eigenvalue weighted by atomic mass is 16.5. The molecule has 0 bridgehead atoms. The molecule has 1 aromatic carbocycles. The standard InChI is InChI=1S/C22H26N6O2/c1-14-12-15(6-9-22(2,3)29)4-5-17(14)26-21-27-19-18(23-13-24-19)20(28-21)25-16-7-10-30-11-8-16/h4-5,12-13,16,29H,7-8,10-11H2,1-3H3,(H3,23,24,25,26,27,28)/p+1. The predicted octanol–water partition coefficient (Wildman–Crippen LogP) is 2.54. The smallest absolute Gasteiger partial charge is 0.307 e. The minimum atomic E-state index is -1.02. The number of imidazole rings is 1. The fraction of sp³-hybridized carbons (Fsp3) is 0.409. The monoisotopic (exact) mass is 407 g/mol. The molecule has 30 heavy (non-hydrogen) atoms. The third-order valence-electron chi connectivity index (χ3n) is 4.88. The van der Waals surface area contributed by atoms with E-state index in [-0.39, 0.29) is 0 Å². The average molecular weight is 407 g/mol. The quantitative estimate of drug-likeness (QED) is 0.495. The topological polar surface area (TPSA) is 109 Å². The number of nitrogens with one attached hydrogen (secondary N) is 4. The van der Waals surface area contributed by atoms with Gasteiger partial charge < -0.3 is 20.5 Å². The number of aryl methyl sites for hydroxylation is 1. The van der Waals surface area contributed by atoms with Crippen LogP contribution in [0.3, 0.4) is 0 Å². The van der Waals surface area contributed by atoms with Crippen LogP contribution in [0.15, 0.2) is 24.5 Å². The first-order valence-electron chi connectivity index (χ1n) is 10.1. The van der Waals surface area contributed by atoms with Crippen LogP contribution in [0.5, 0.6) is 0 Å². The van der Waals surface area contributed by atoms with Crippen molar-refractivity contribution in [1.29, 1.82) is 0 Å². The van der Waals surface area contributed by atoms with Crippen molar-refractivity contribution < 1.29 is 14.8 Å². The molecule has 8 heteroatoms. The van der Waals surface area contributed by atoms with Crippen LogP contribution in [0.2, 0.25) is 0 Å². The van der Waals surface area contributed by atoms with Crippen molar-refractivity contribution in [3.63, 3.8) is 0 Å². The summed E-state index contributed by atoms with van der Waals surface area (Å²) in [4.78, 5) is 15.6. The van der Waals surface area contributed by atoms with E-state index in [9.17, 15) is 5.11 Å². The van der Waals surface area contributed by atoms with E-state index < -0.39 is 5.60 Å². The minimum Gasteiger partial charge on any atom is -0.381 e. The van der Waals surface area contributed by atoms with Crippen molar-refractivity contribution in [2.24, 2.45) is 0 Å². The molecule has 0 amide bonds. The Morgan fingerprint density at radius 3 is 2.80 bits per heavy atom. The molecule has 0 atom stereocenters. The summed E-state index contributed by atoms with van der Waals surface area (Å²) in [5.41, 5.74) is 3.31. The first-order chi connectivity index (χ1) is 14.4. The van der Waals surface area contributed by atoms with Crippen molar-refractivity contribution >= 4 is 28.6 Å². The summed E-state index contributed by atoms with van der Waals surface area (Å²) < 4.78 is 5.45. The van der Waals surface area contributed by atoms with Crippen LogP contribution in [-0.4, -0.2) is 44.9 Å². The Hall–Kier alpha value is -3.15. The van der Waals surface area contributed by atoms with Gasteiger partial charge in [0.2, 0.25) is 5.52 Å². The molecule has 1 aliphatic heterocycles. The molecular formula is C22H27N6O2+. The van der Waals surface area contributed by atoms with Gasteiger partial charge in [-0.05, 0) is 57.4 Å². The van der Waals surface area contributed by atoms with Crippen LogP contribution in [0, 0.1) is 18.8 Å². The maximum absolute atomic E-state index is 9.79. The lowest BCUT2D eigenvalue weighted by Crippen LogP contribution is -2.28. The van der Waals surface area contributed by atoms with Crippen molar-refractivity contribution in [1.82, 2.24) is 15.0 Å². The van der Waals surface area contributed by atoms with Gasteiger partial charge in [0.25, 0.3) is 0 Å². The van der Waals surface area contributed by atoms with E-state index in [1.165, 1.54) is 0 Å². The number of fused-ring (bicyclic) bond motifs is 1. The molecule has 2 aromatic heterocycles. The van der Waals surface area contributed by atoms with Crippen LogP contribution in [-0.2, 0) is 4.74 Å². The second-order valence-electron chi connectivity index (χ2n) is 8.05. The molecule has 1 fully saturated rings. The van der Waals surface area contributed by atoms with Crippen LogP contribution >= 0.6 is 0 Å². The number of anilines is 3. The van der Waals surface area contributed by atoms with Crippen LogP contribution in [0.25, 0.3) is 11.2 Å². The number of benzene rings is 1. The first-order valence-corrected chi connectivity index (χ1v) is 10.1. The van der Waals surface area contributed by atoms with E-state index in [1.807, 2.05) is 25.1 Å². The number of aromatic nitrogens is 4. The molecule has 0 unspecified atom stereocenters. The van der Waals surface area contributed by atoms with E-state index in [0.29, 0.717) is 12.0 Å². The predicted molar refractivity (Wildman–Crippen MR) is 116 cm³/mol. The molecule has 4 rings (SSSR count). The largest absolute Gasteiger partial charge is 0.381 e. The van der Waals surface area contributed by atoms with Crippen molar-refractivity contribution in [3.8, 4) is 11.8 Å². The lowest BCUT2D eigenvalue weighted by molar-refractivity contribution is -0.347. The zero-order valence-corrected chi connectivity index (χ0v) is 17.5. The van der Waals surface area contributed by atoms with Gasteiger partial charge >= 0.3 is 11.6 Å². The molecule has 156 valence electrons.